The molecule has 0 radical (unpaired) electrons. The Kier molecular flexibility index (Phi) is 6.14. The van der Waals surface area contributed by atoms with Gasteiger partial charge in [0.1, 0.15) is 5.69 Å². The van der Waals surface area contributed by atoms with Crippen LogP contribution >= 0.6 is 0 Å². The average Bonchev–Trinajstić information content (AvgIpc) is 3.09. The summed E-state index contributed by atoms with van der Waals surface area (Å²) < 4.78 is 0. The highest BCUT2D eigenvalue weighted by Gasteiger charge is 2.19. The Morgan fingerprint density at radius 2 is 1.88 bits per heavy atom. The van der Waals surface area contributed by atoms with E-state index in [1.54, 1.807) is 0 Å². The lowest BCUT2D eigenvalue weighted by molar-refractivity contribution is 0.0935. The molecule has 0 aliphatic rings. The van der Waals surface area contributed by atoms with Crippen LogP contribution in [0.3, 0.4) is 0 Å². The predicted molar refractivity (Wildman–Crippen MR) is 93.7 cm³/mol. The predicted octanol–water partition coefficient (Wildman–Crippen LogP) is 1.93. The van der Waals surface area contributed by atoms with Crippen molar-refractivity contribution in [1.29, 1.82) is 0 Å². The van der Waals surface area contributed by atoms with Crippen molar-refractivity contribution in [1.82, 2.24) is 15.2 Å². The van der Waals surface area contributed by atoms with Gasteiger partial charge in [0, 0.05) is 12.7 Å². The van der Waals surface area contributed by atoms with E-state index in [-0.39, 0.29) is 17.6 Å². The number of nitrogens with two attached hydrogens (primary N) is 1. The lowest BCUT2D eigenvalue weighted by atomic mass is 10.0. The summed E-state index contributed by atoms with van der Waals surface area (Å²) in [6.45, 7) is 6.48. The zero-order valence-corrected chi connectivity index (χ0v) is 14.1. The van der Waals surface area contributed by atoms with Gasteiger partial charge >= 0.3 is 0 Å². The molecule has 0 spiro atoms. The number of hydrogen-bond acceptors (Lipinski definition) is 3. The SMILES string of the molecule is CCN(CC)[C@@H](CNC(=O)c1c[nH]c(C(N)=O)c1)c1ccccc1. The van der Waals surface area contributed by atoms with Gasteiger partial charge in [-0.25, -0.2) is 0 Å². The molecule has 0 fully saturated rings. The molecule has 2 amide bonds. The molecule has 1 heterocycles. The first-order valence-electron chi connectivity index (χ1n) is 8.12. The lowest BCUT2D eigenvalue weighted by Crippen LogP contribution is -2.38. The van der Waals surface area contributed by atoms with E-state index in [1.165, 1.54) is 12.3 Å². The fourth-order valence-corrected chi connectivity index (χ4v) is 2.76. The number of nitrogens with zero attached hydrogens (tertiary/aromatic N) is 1. The molecule has 1 aromatic carbocycles. The highest BCUT2D eigenvalue weighted by atomic mass is 16.2. The molecule has 0 aliphatic carbocycles. The molecule has 0 saturated carbocycles. The molecule has 24 heavy (non-hydrogen) atoms. The molecule has 0 aliphatic heterocycles. The van der Waals surface area contributed by atoms with E-state index in [4.69, 9.17) is 5.73 Å². The number of H-pyrrole nitrogens is 1. The van der Waals surface area contributed by atoms with Crippen LogP contribution in [0.5, 0.6) is 0 Å². The Balaban J connectivity index is 2.09. The molecule has 0 unspecified atom stereocenters. The van der Waals surface area contributed by atoms with Crippen LogP contribution in [0.2, 0.25) is 0 Å². The fraction of sp³-hybridized carbons (Fsp3) is 0.333. The molecule has 1 aromatic heterocycles. The van der Waals surface area contributed by atoms with Gasteiger partial charge < -0.3 is 16.0 Å². The minimum Gasteiger partial charge on any atom is -0.364 e. The van der Waals surface area contributed by atoms with Crippen LogP contribution in [-0.4, -0.2) is 41.3 Å². The summed E-state index contributed by atoms with van der Waals surface area (Å²) in [4.78, 5) is 28.4. The molecule has 6 heteroatoms. The van der Waals surface area contributed by atoms with E-state index in [2.05, 4.69) is 41.2 Å². The van der Waals surface area contributed by atoms with Crippen LogP contribution < -0.4 is 11.1 Å². The summed E-state index contributed by atoms with van der Waals surface area (Å²) in [6, 6.07) is 11.7. The number of hydrogen-bond donors (Lipinski definition) is 3. The molecule has 128 valence electrons. The van der Waals surface area contributed by atoms with Gasteiger partial charge in [0.25, 0.3) is 11.8 Å². The molecule has 0 bridgehead atoms. The number of likely N-dealkylation sites (N-methyl/N-ethyl adjacent to an activating group) is 1. The van der Waals surface area contributed by atoms with Crippen LogP contribution in [0, 0.1) is 0 Å². The van der Waals surface area contributed by atoms with Crippen molar-refractivity contribution in [3.63, 3.8) is 0 Å². The number of aromatic amines is 1. The number of aromatic nitrogens is 1. The van der Waals surface area contributed by atoms with Gasteiger partial charge in [0.05, 0.1) is 11.6 Å². The van der Waals surface area contributed by atoms with Crippen molar-refractivity contribution in [3.05, 3.63) is 59.4 Å². The Morgan fingerprint density at radius 1 is 1.21 bits per heavy atom. The number of amides is 2. The summed E-state index contributed by atoms with van der Waals surface area (Å²) in [5, 5.41) is 2.95. The molecule has 2 rings (SSSR count). The monoisotopic (exact) mass is 328 g/mol. The highest BCUT2D eigenvalue weighted by Crippen LogP contribution is 2.19. The molecule has 0 saturated heterocycles. The van der Waals surface area contributed by atoms with Crippen LogP contribution in [-0.2, 0) is 0 Å². The normalized spacial score (nSPS) is 12.1. The van der Waals surface area contributed by atoms with Crippen LogP contribution in [0.15, 0.2) is 42.6 Å². The summed E-state index contributed by atoms with van der Waals surface area (Å²) in [7, 11) is 0. The molecule has 4 N–H and O–H groups in total. The fourth-order valence-electron chi connectivity index (χ4n) is 2.76. The van der Waals surface area contributed by atoms with Crippen molar-refractivity contribution < 1.29 is 9.59 Å². The third kappa shape index (κ3) is 4.23. The molecule has 1 atom stereocenters. The number of benzene rings is 1. The maximum absolute atomic E-state index is 12.3. The van der Waals surface area contributed by atoms with E-state index < -0.39 is 5.91 Å². The van der Waals surface area contributed by atoms with Crippen molar-refractivity contribution in [2.75, 3.05) is 19.6 Å². The highest BCUT2D eigenvalue weighted by molar-refractivity contribution is 5.98. The summed E-state index contributed by atoms with van der Waals surface area (Å²) in [5.41, 5.74) is 6.98. The smallest absolute Gasteiger partial charge is 0.265 e. The number of carbonyl (C=O) groups is 2. The Hall–Kier alpha value is -2.60. The molecular weight excluding hydrogens is 304 g/mol. The largest absolute Gasteiger partial charge is 0.364 e. The van der Waals surface area contributed by atoms with Gasteiger partial charge in [-0.15, -0.1) is 0 Å². The third-order valence-electron chi connectivity index (χ3n) is 4.10. The number of primary amides is 1. The Morgan fingerprint density at radius 3 is 2.42 bits per heavy atom. The zero-order valence-electron chi connectivity index (χ0n) is 14.1. The van der Waals surface area contributed by atoms with Gasteiger partial charge in [0.15, 0.2) is 0 Å². The first kappa shape index (κ1) is 17.7. The second kappa shape index (κ2) is 8.31. The zero-order chi connectivity index (χ0) is 17.5. The number of rotatable bonds is 8. The van der Waals surface area contributed by atoms with Crippen LogP contribution in [0.4, 0.5) is 0 Å². The quantitative estimate of drug-likeness (QED) is 0.691. The van der Waals surface area contributed by atoms with Gasteiger partial charge in [0.2, 0.25) is 0 Å². The topological polar surface area (TPSA) is 91.2 Å². The van der Waals surface area contributed by atoms with E-state index in [9.17, 15) is 9.59 Å². The molecule has 2 aromatic rings. The van der Waals surface area contributed by atoms with Gasteiger partial charge in [-0.3, -0.25) is 14.5 Å². The maximum atomic E-state index is 12.3. The average molecular weight is 328 g/mol. The first-order chi connectivity index (χ1) is 11.6. The maximum Gasteiger partial charge on any atom is 0.265 e. The third-order valence-corrected chi connectivity index (χ3v) is 4.10. The minimum absolute atomic E-state index is 0.0969. The van der Waals surface area contributed by atoms with Crippen molar-refractivity contribution in [2.45, 2.75) is 19.9 Å². The van der Waals surface area contributed by atoms with Gasteiger partial charge in [-0.1, -0.05) is 44.2 Å². The summed E-state index contributed by atoms with van der Waals surface area (Å²) >= 11 is 0. The van der Waals surface area contributed by atoms with Gasteiger partial charge in [-0.05, 0) is 24.7 Å². The second-order valence-electron chi connectivity index (χ2n) is 5.52. The summed E-state index contributed by atoms with van der Waals surface area (Å²) in [6.07, 6.45) is 1.49. The summed E-state index contributed by atoms with van der Waals surface area (Å²) in [5.74, 6) is -0.814. The van der Waals surface area contributed by atoms with E-state index >= 15 is 0 Å². The number of carbonyl (C=O) groups excluding carboxylic acids is 2. The second-order valence-corrected chi connectivity index (χ2v) is 5.52. The number of nitrogens with one attached hydrogen (secondary N) is 2. The van der Waals surface area contributed by atoms with Crippen molar-refractivity contribution >= 4 is 11.8 Å². The van der Waals surface area contributed by atoms with E-state index in [1.807, 2.05) is 18.2 Å². The van der Waals surface area contributed by atoms with Crippen molar-refractivity contribution in [3.8, 4) is 0 Å². The standard InChI is InChI=1S/C18H24N4O2/c1-3-22(4-2)16(13-8-6-5-7-9-13)12-21-18(24)14-10-15(17(19)23)20-11-14/h5-11,16,20H,3-4,12H2,1-2H3,(H2,19,23)(H,21,24)/t16-/m0/s1. The van der Waals surface area contributed by atoms with E-state index in [0.717, 1.165) is 18.7 Å². The Bertz CT molecular complexity index is 677. The Labute approximate surface area is 142 Å². The lowest BCUT2D eigenvalue weighted by Gasteiger charge is -2.30. The van der Waals surface area contributed by atoms with Crippen LogP contribution in [0.1, 0.15) is 46.3 Å². The van der Waals surface area contributed by atoms with Gasteiger partial charge in [-0.2, -0.15) is 0 Å². The van der Waals surface area contributed by atoms with Crippen LogP contribution in [0.25, 0.3) is 0 Å². The first-order valence-corrected chi connectivity index (χ1v) is 8.12. The minimum atomic E-state index is -0.584. The molecular formula is C18H24N4O2. The molecule has 6 nitrogen and oxygen atoms in total. The van der Waals surface area contributed by atoms with Crippen molar-refractivity contribution in [2.24, 2.45) is 5.73 Å². The van der Waals surface area contributed by atoms with E-state index in [0.29, 0.717) is 12.1 Å².